The van der Waals surface area contributed by atoms with Gasteiger partial charge in [0.1, 0.15) is 5.82 Å². The molecule has 0 bridgehead atoms. The predicted octanol–water partition coefficient (Wildman–Crippen LogP) is 4.32. The molecule has 8 heteroatoms. The molecule has 5 rings (SSSR count). The lowest BCUT2D eigenvalue weighted by Gasteiger charge is -2.28. The maximum atomic E-state index is 12.8. The van der Waals surface area contributed by atoms with Crippen LogP contribution in [0.5, 0.6) is 0 Å². The number of alkyl halides is 3. The Kier molecular flexibility index (Phi) is 4.38. The van der Waals surface area contributed by atoms with E-state index < -0.39 is 11.7 Å². The van der Waals surface area contributed by atoms with Gasteiger partial charge in [-0.1, -0.05) is 12.1 Å². The van der Waals surface area contributed by atoms with Gasteiger partial charge in [0.25, 0.3) is 0 Å². The molecule has 2 aliphatic rings. The van der Waals surface area contributed by atoms with Crippen LogP contribution in [0.2, 0.25) is 0 Å². The Bertz CT molecular complexity index is 1020. The smallest absolute Gasteiger partial charge is 0.294 e. The standard InChI is InChI=1S/C21H20F3N5/c22-21(23,24)17-5-3-13(4-6-17)19-16(10-26-28-19)12-29-8-7-18-15(11-29)9-25-20(27-18)14-1-2-14/h3-6,9-10,14H,1-2,7-8,11-12H2,(H,26,28). The van der Waals surface area contributed by atoms with E-state index in [2.05, 4.69) is 20.1 Å². The van der Waals surface area contributed by atoms with Crippen molar-refractivity contribution in [2.45, 2.75) is 44.4 Å². The maximum absolute atomic E-state index is 12.8. The zero-order valence-corrected chi connectivity index (χ0v) is 15.7. The highest BCUT2D eigenvalue weighted by Crippen LogP contribution is 2.38. The molecule has 0 amide bonds. The lowest BCUT2D eigenvalue weighted by atomic mass is 10.0. The van der Waals surface area contributed by atoms with Gasteiger partial charge < -0.3 is 0 Å². The first-order chi connectivity index (χ1) is 14.0. The van der Waals surface area contributed by atoms with E-state index in [9.17, 15) is 13.2 Å². The van der Waals surface area contributed by atoms with Crippen molar-refractivity contribution in [2.75, 3.05) is 6.54 Å². The summed E-state index contributed by atoms with van der Waals surface area (Å²) in [6, 6.07) is 5.18. The molecule has 0 radical (unpaired) electrons. The number of aromatic nitrogens is 4. The number of nitrogens with zero attached hydrogens (tertiary/aromatic N) is 4. The Balaban J connectivity index is 1.31. The molecule has 0 atom stereocenters. The van der Waals surface area contributed by atoms with Crippen molar-refractivity contribution in [3.05, 3.63) is 64.9 Å². The third-order valence-electron chi connectivity index (χ3n) is 5.59. The second kappa shape index (κ2) is 6.95. The van der Waals surface area contributed by atoms with Crippen molar-refractivity contribution < 1.29 is 13.2 Å². The molecule has 3 aromatic rings. The second-order valence-electron chi connectivity index (χ2n) is 7.78. The topological polar surface area (TPSA) is 57.7 Å². The van der Waals surface area contributed by atoms with E-state index in [1.54, 1.807) is 6.20 Å². The van der Waals surface area contributed by atoms with Gasteiger partial charge in [0.15, 0.2) is 0 Å². The lowest BCUT2D eigenvalue weighted by Crippen LogP contribution is -2.31. The van der Waals surface area contributed by atoms with Crippen LogP contribution in [0.1, 0.15) is 47.0 Å². The van der Waals surface area contributed by atoms with Gasteiger partial charge in [-0.2, -0.15) is 18.3 Å². The minimum Gasteiger partial charge on any atom is -0.294 e. The van der Waals surface area contributed by atoms with Crippen molar-refractivity contribution in [1.82, 2.24) is 25.1 Å². The fourth-order valence-electron chi connectivity index (χ4n) is 3.81. The summed E-state index contributed by atoms with van der Waals surface area (Å²) in [5, 5.41) is 7.05. The van der Waals surface area contributed by atoms with Crippen LogP contribution in [-0.4, -0.2) is 31.6 Å². The Morgan fingerprint density at radius 3 is 2.62 bits per heavy atom. The van der Waals surface area contributed by atoms with E-state index in [0.29, 0.717) is 18.0 Å². The molecule has 0 unspecified atom stereocenters. The highest BCUT2D eigenvalue weighted by Gasteiger charge is 2.30. The summed E-state index contributed by atoms with van der Waals surface area (Å²) in [6.07, 6.45) is 2.63. The third-order valence-corrected chi connectivity index (χ3v) is 5.59. The first kappa shape index (κ1) is 18.3. The summed E-state index contributed by atoms with van der Waals surface area (Å²) in [5.74, 6) is 1.53. The highest BCUT2D eigenvalue weighted by molar-refractivity contribution is 5.63. The number of hydrogen-bond donors (Lipinski definition) is 1. The predicted molar refractivity (Wildman–Crippen MR) is 101 cm³/mol. The van der Waals surface area contributed by atoms with Crippen LogP contribution in [0.3, 0.4) is 0 Å². The lowest BCUT2D eigenvalue weighted by molar-refractivity contribution is -0.137. The molecule has 2 aromatic heterocycles. The van der Waals surface area contributed by atoms with Crippen LogP contribution in [-0.2, 0) is 25.7 Å². The van der Waals surface area contributed by atoms with Gasteiger partial charge in [-0.3, -0.25) is 10.00 Å². The molecule has 0 saturated heterocycles. The highest BCUT2D eigenvalue weighted by atomic mass is 19.4. The summed E-state index contributed by atoms with van der Waals surface area (Å²) >= 11 is 0. The number of halogens is 3. The van der Waals surface area contributed by atoms with Crippen LogP contribution in [0.4, 0.5) is 13.2 Å². The minimum absolute atomic E-state index is 0.551. The van der Waals surface area contributed by atoms with E-state index in [1.807, 2.05) is 6.20 Å². The maximum Gasteiger partial charge on any atom is 0.416 e. The summed E-state index contributed by atoms with van der Waals surface area (Å²) < 4.78 is 38.4. The molecular formula is C21H20F3N5. The monoisotopic (exact) mass is 399 g/mol. The molecule has 1 saturated carbocycles. The third kappa shape index (κ3) is 3.76. The van der Waals surface area contributed by atoms with E-state index in [0.717, 1.165) is 60.0 Å². The van der Waals surface area contributed by atoms with Crippen molar-refractivity contribution in [3.63, 3.8) is 0 Å². The number of rotatable bonds is 4. The van der Waals surface area contributed by atoms with Gasteiger partial charge in [-0.15, -0.1) is 0 Å². The van der Waals surface area contributed by atoms with Gasteiger partial charge in [-0.25, -0.2) is 9.97 Å². The molecule has 1 N–H and O–H groups in total. The Labute approximate surface area is 166 Å². The Morgan fingerprint density at radius 1 is 1.10 bits per heavy atom. The number of aromatic amines is 1. The number of hydrogen-bond acceptors (Lipinski definition) is 4. The molecule has 1 aliphatic heterocycles. The molecule has 0 spiro atoms. The van der Waals surface area contributed by atoms with Crippen molar-refractivity contribution >= 4 is 0 Å². The minimum atomic E-state index is -4.34. The van der Waals surface area contributed by atoms with E-state index in [4.69, 9.17) is 4.98 Å². The van der Waals surface area contributed by atoms with Crippen LogP contribution in [0.15, 0.2) is 36.7 Å². The van der Waals surface area contributed by atoms with Crippen molar-refractivity contribution in [2.24, 2.45) is 0 Å². The van der Waals surface area contributed by atoms with Crippen LogP contribution in [0.25, 0.3) is 11.3 Å². The summed E-state index contributed by atoms with van der Waals surface area (Å²) in [4.78, 5) is 11.6. The molecule has 1 fully saturated rings. The zero-order chi connectivity index (χ0) is 20.0. The normalized spacial score (nSPS) is 17.3. The van der Waals surface area contributed by atoms with Crippen LogP contribution < -0.4 is 0 Å². The number of benzene rings is 1. The van der Waals surface area contributed by atoms with E-state index in [1.165, 1.54) is 25.0 Å². The SMILES string of the molecule is FC(F)(F)c1ccc(-c2[nH]ncc2CN2CCc3nc(C4CC4)ncc3C2)cc1. The number of fused-ring (bicyclic) bond motifs is 1. The summed E-state index contributed by atoms with van der Waals surface area (Å²) in [6.45, 7) is 2.31. The molecule has 29 heavy (non-hydrogen) atoms. The number of H-pyrrole nitrogens is 1. The van der Waals surface area contributed by atoms with E-state index in [-0.39, 0.29) is 0 Å². The van der Waals surface area contributed by atoms with E-state index >= 15 is 0 Å². The zero-order valence-electron chi connectivity index (χ0n) is 15.7. The molecule has 1 aliphatic carbocycles. The largest absolute Gasteiger partial charge is 0.416 e. The molecule has 1 aromatic carbocycles. The molecular weight excluding hydrogens is 379 g/mol. The average molecular weight is 399 g/mol. The van der Waals surface area contributed by atoms with Gasteiger partial charge in [0.2, 0.25) is 0 Å². The summed E-state index contributed by atoms with van der Waals surface area (Å²) in [7, 11) is 0. The van der Waals surface area contributed by atoms with Gasteiger partial charge in [0, 0.05) is 55.0 Å². The second-order valence-corrected chi connectivity index (χ2v) is 7.78. The quantitative estimate of drug-likeness (QED) is 0.710. The molecule has 3 heterocycles. The number of nitrogens with one attached hydrogen (secondary N) is 1. The Morgan fingerprint density at radius 2 is 1.90 bits per heavy atom. The first-order valence-corrected chi connectivity index (χ1v) is 9.74. The van der Waals surface area contributed by atoms with Crippen molar-refractivity contribution in [1.29, 1.82) is 0 Å². The molecule has 5 nitrogen and oxygen atoms in total. The summed E-state index contributed by atoms with van der Waals surface area (Å²) in [5.41, 5.74) is 4.06. The first-order valence-electron chi connectivity index (χ1n) is 9.74. The van der Waals surface area contributed by atoms with Crippen molar-refractivity contribution in [3.8, 4) is 11.3 Å². The van der Waals surface area contributed by atoms with Gasteiger partial charge in [0.05, 0.1) is 17.5 Å². The molecule has 150 valence electrons. The van der Waals surface area contributed by atoms with Crippen LogP contribution >= 0.6 is 0 Å². The fourth-order valence-corrected chi connectivity index (χ4v) is 3.81. The Hall–Kier alpha value is -2.74. The van der Waals surface area contributed by atoms with Crippen LogP contribution in [0, 0.1) is 0 Å². The fraction of sp³-hybridized carbons (Fsp3) is 0.381. The van der Waals surface area contributed by atoms with Gasteiger partial charge in [-0.05, 0) is 30.5 Å². The van der Waals surface area contributed by atoms with Gasteiger partial charge >= 0.3 is 6.18 Å². The average Bonchev–Trinajstić information content (AvgIpc) is 3.46.